The van der Waals surface area contributed by atoms with Crippen LogP contribution >= 0.6 is 0 Å². The lowest BCUT2D eigenvalue weighted by atomic mass is 9.99. The minimum absolute atomic E-state index is 0.323. The van der Waals surface area contributed by atoms with Crippen LogP contribution in [-0.2, 0) is 6.42 Å². The van der Waals surface area contributed by atoms with Crippen LogP contribution in [0.4, 0.5) is 0 Å². The molecule has 0 spiro atoms. The Kier molecular flexibility index (Phi) is 4.23. The molecule has 1 saturated carbocycles. The lowest BCUT2D eigenvalue weighted by Crippen LogP contribution is -2.38. The highest BCUT2D eigenvalue weighted by atomic mass is 16.5. The van der Waals surface area contributed by atoms with Crippen molar-refractivity contribution in [1.29, 1.82) is 0 Å². The highest BCUT2D eigenvalue weighted by molar-refractivity contribution is 5.30. The molecule has 0 bridgehead atoms. The Morgan fingerprint density at radius 3 is 2.48 bits per heavy atom. The van der Waals surface area contributed by atoms with Crippen LogP contribution in [0.15, 0.2) is 54.6 Å². The monoisotopic (exact) mass is 282 g/mol. The lowest BCUT2D eigenvalue weighted by Gasteiger charge is -2.16. The number of hydrogen-bond acceptors (Lipinski definition) is 3. The topological polar surface area (TPSA) is 47.3 Å². The van der Waals surface area contributed by atoms with Crippen molar-refractivity contribution in [2.75, 3.05) is 7.11 Å². The summed E-state index contributed by atoms with van der Waals surface area (Å²) < 4.78 is 5.19. The first-order chi connectivity index (χ1) is 10.3. The van der Waals surface area contributed by atoms with Crippen LogP contribution in [0.3, 0.4) is 0 Å². The molecule has 1 aliphatic rings. The van der Waals surface area contributed by atoms with E-state index in [1.807, 2.05) is 12.1 Å². The second-order valence-electron chi connectivity index (χ2n) is 5.74. The largest absolute Gasteiger partial charge is 0.497 e. The first-order valence-corrected chi connectivity index (χ1v) is 7.46. The van der Waals surface area contributed by atoms with Gasteiger partial charge in [-0.05, 0) is 47.9 Å². The van der Waals surface area contributed by atoms with Crippen molar-refractivity contribution in [3.63, 3.8) is 0 Å². The zero-order chi connectivity index (χ0) is 14.7. The first-order valence-electron chi connectivity index (χ1n) is 7.46. The van der Waals surface area contributed by atoms with Crippen LogP contribution in [0.25, 0.3) is 0 Å². The van der Waals surface area contributed by atoms with Crippen LogP contribution in [0.5, 0.6) is 5.75 Å². The van der Waals surface area contributed by atoms with Gasteiger partial charge in [-0.15, -0.1) is 0 Å². The molecule has 1 fully saturated rings. The predicted molar refractivity (Wildman–Crippen MR) is 85.1 cm³/mol. The van der Waals surface area contributed by atoms with Gasteiger partial charge in [0.25, 0.3) is 0 Å². The summed E-state index contributed by atoms with van der Waals surface area (Å²) in [6, 6.07) is 19.3. The Balaban J connectivity index is 1.64. The van der Waals surface area contributed by atoms with Gasteiger partial charge in [0.15, 0.2) is 0 Å². The molecule has 2 aromatic carbocycles. The number of methoxy groups -OCH3 is 1. The van der Waals surface area contributed by atoms with E-state index in [2.05, 4.69) is 47.9 Å². The van der Waals surface area contributed by atoms with E-state index in [4.69, 9.17) is 10.6 Å². The van der Waals surface area contributed by atoms with Crippen molar-refractivity contribution in [3.8, 4) is 5.75 Å². The molecule has 3 unspecified atom stereocenters. The molecule has 2 aromatic rings. The Morgan fingerprint density at radius 1 is 1.14 bits per heavy atom. The van der Waals surface area contributed by atoms with Crippen molar-refractivity contribution in [1.82, 2.24) is 5.43 Å². The summed E-state index contributed by atoms with van der Waals surface area (Å²) in [6.45, 7) is 0. The molecule has 1 aliphatic carbocycles. The highest BCUT2D eigenvalue weighted by Crippen LogP contribution is 2.49. The molecule has 3 rings (SSSR count). The fourth-order valence-electron chi connectivity index (χ4n) is 3.09. The van der Waals surface area contributed by atoms with E-state index in [0.29, 0.717) is 17.9 Å². The smallest absolute Gasteiger partial charge is 0.118 e. The molecule has 0 amide bonds. The van der Waals surface area contributed by atoms with Gasteiger partial charge in [-0.1, -0.05) is 42.5 Å². The van der Waals surface area contributed by atoms with Crippen molar-refractivity contribution < 1.29 is 4.74 Å². The molecule has 3 N–H and O–H groups in total. The lowest BCUT2D eigenvalue weighted by molar-refractivity contribution is 0.414. The summed E-state index contributed by atoms with van der Waals surface area (Å²) >= 11 is 0. The number of hydrogen-bond donors (Lipinski definition) is 2. The normalized spacial score (nSPS) is 21.8. The molecule has 3 nitrogen and oxygen atoms in total. The van der Waals surface area contributed by atoms with E-state index in [9.17, 15) is 0 Å². The summed E-state index contributed by atoms with van der Waals surface area (Å²) in [6.07, 6.45) is 2.17. The molecule has 0 saturated heterocycles. The van der Waals surface area contributed by atoms with Gasteiger partial charge in [-0.25, -0.2) is 0 Å². The van der Waals surface area contributed by atoms with E-state index in [1.165, 1.54) is 17.5 Å². The molecule has 0 aromatic heterocycles. The Morgan fingerprint density at radius 2 is 1.86 bits per heavy atom. The number of nitrogens with one attached hydrogen (secondary N) is 1. The molecular weight excluding hydrogens is 260 g/mol. The molecule has 21 heavy (non-hydrogen) atoms. The molecule has 0 aliphatic heterocycles. The second kappa shape index (κ2) is 6.29. The third-order valence-corrected chi connectivity index (χ3v) is 4.41. The molecule has 3 heteroatoms. The zero-order valence-corrected chi connectivity index (χ0v) is 12.3. The van der Waals surface area contributed by atoms with E-state index < -0.39 is 0 Å². The van der Waals surface area contributed by atoms with Gasteiger partial charge in [-0.2, -0.15) is 0 Å². The Bertz CT molecular complexity index is 568. The number of rotatable bonds is 6. The maximum Gasteiger partial charge on any atom is 0.118 e. The van der Waals surface area contributed by atoms with Gasteiger partial charge in [0.05, 0.1) is 7.11 Å². The predicted octanol–water partition coefficient (Wildman–Crippen LogP) is 2.87. The van der Waals surface area contributed by atoms with Gasteiger partial charge in [0.2, 0.25) is 0 Å². The van der Waals surface area contributed by atoms with Crippen LogP contribution in [0.2, 0.25) is 0 Å². The van der Waals surface area contributed by atoms with E-state index in [1.54, 1.807) is 7.11 Å². The average molecular weight is 282 g/mol. The fourth-order valence-corrected chi connectivity index (χ4v) is 3.09. The number of nitrogens with two attached hydrogens (primary N) is 1. The van der Waals surface area contributed by atoms with Crippen LogP contribution < -0.4 is 16.0 Å². The minimum Gasteiger partial charge on any atom is -0.497 e. The van der Waals surface area contributed by atoms with Crippen molar-refractivity contribution in [2.24, 2.45) is 11.8 Å². The molecule has 3 atom stereocenters. The second-order valence-corrected chi connectivity index (χ2v) is 5.74. The van der Waals surface area contributed by atoms with Gasteiger partial charge in [-0.3, -0.25) is 11.3 Å². The van der Waals surface area contributed by atoms with Gasteiger partial charge in [0.1, 0.15) is 5.75 Å². The summed E-state index contributed by atoms with van der Waals surface area (Å²) in [4.78, 5) is 0. The molecule has 0 radical (unpaired) electrons. The maximum atomic E-state index is 5.78. The Labute approximate surface area is 126 Å². The van der Waals surface area contributed by atoms with Gasteiger partial charge >= 0.3 is 0 Å². The van der Waals surface area contributed by atoms with E-state index >= 15 is 0 Å². The quantitative estimate of drug-likeness (QED) is 0.632. The van der Waals surface area contributed by atoms with Crippen LogP contribution in [0.1, 0.15) is 23.5 Å². The third kappa shape index (κ3) is 3.26. The first kappa shape index (κ1) is 14.1. The van der Waals surface area contributed by atoms with Crippen molar-refractivity contribution in [2.45, 2.75) is 24.8 Å². The summed E-state index contributed by atoms with van der Waals surface area (Å²) in [5.74, 6) is 7.94. The van der Waals surface area contributed by atoms with Gasteiger partial charge in [0, 0.05) is 6.04 Å². The van der Waals surface area contributed by atoms with Crippen molar-refractivity contribution >= 4 is 0 Å². The molecular formula is C18H22N2O. The molecule has 110 valence electrons. The minimum atomic E-state index is 0.323. The highest BCUT2D eigenvalue weighted by Gasteiger charge is 2.43. The number of ether oxygens (including phenoxy) is 1. The fraction of sp³-hybridized carbons (Fsp3) is 0.333. The SMILES string of the molecule is COc1ccc(CC(NN)C2CC2c2ccccc2)cc1. The van der Waals surface area contributed by atoms with Crippen LogP contribution in [0, 0.1) is 5.92 Å². The number of benzene rings is 2. The summed E-state index contributed by atoms with van der Waals surface area (Å²) in [5, 5.41) is 0. The standard InChI is InChI=1S/C18H22N2O/c1-21-15-9-7-13(8-10-15)11-18(20-19)17-12-16(17)14-5-3-2-4-6-14/h2-10,16-18,20H,11-12,19H2,1H3. The van der Waals surface area contributed by atoms with Crippen molar-refractivity contribution in [3.05, 3.63) is 65.7 Å². The van der Waals surface area contributed by atoms with Gasteiger partial charge < -0.3 is 4.74 Å². The zero-order valence-electron chi connectivity index (χ0n) is 12.3. The maximum absolute atomic E-state index is 5.78. The number of hydrazine groups is 1. The Hall–Kier alpha value is -1.84. The molecule has 0 heterocycles. The third-order valence-electron chi connectivity index (χ3n) is 4.41. The van der Waals surface area contributed by atoms with Crippen LogP contribution in [-0.4, -0.2) is 13.2 Å². The average Bonchev–Trinajstić information content (AvgIpc) is 3.34. The summed E-state index contributed by atoms with van der Waals surface area (Å²) in [7, 11) is 1.69. The summed E-state index contributed by atoms with van der Waals surface area (Å²) in [5.41, 5.74) is 5.73. The van der Waals surface area contributed by atoms with E-state index in [-0.39, 0.29) is 0 Å². The van der Waals surface area contributed by atoms with E-state index in [0.717, 1.165) is 12.2 Å².